The van der Waals surface area contributed by atoms with Gasteiger partial charge in [-0.15, -0.1) is 0 Å². The van der Waals surface area contributed by atoms with Gasteiger partial charge in [0.15, 0.2) is 6.61 Å². The minimum Gasteiger partial charge on any atom is -0.454 e. The number of β-amino-alcohol motifs (C(OH)–C–C–N with tert-alkyl or cyclic N) is 1. The lowest BCUT2D eigenvalue weighted by atomic mass is 9.98. The smallest absolute Gasteiger partial charge is 0.325 e. The van der Waals surface area contributed by atoms with E-state index in [0.29, 0.717) is 5.69 Å². The molecule has 184 valence electrons. The molecule has 34 heavy (non-hydrogen) atoms. The molecule has 0 radical (unpaired) electrons. The third-order valence-electron chi connectivity index (χ3n) is 6.13. The molecule has 8 nitrogen and oxygen atoms in total. The van der Waals surface area contributed by atoms with E-state index in [4.69, 9.17) is 4.74 Å². The Balaban J connectivity index is 1.71. The first-order chi connectivity index (χ1) is 15.9. The van der Waals surface area contributed by atoms with Crippen molar-refractivity contribution in [1.82, 2.24) is 4.31 Å². The molecular weight excluding hydrogens is 456 g/mol. The van der Waals surface area contributed by atoms with E-state index in [0.717, 1.165) is 26.6 Å². The van der Waals surface area contributed by atoms with Crippen molar-refractivity contribution in [3.63, 3.8) is 0 Å². The highest BCUT2D eigenvalue weighted by atomic mass is 32.2. The number of hydrogen-bond donors (Lipinski definition) is 2. The van der Waals surface area contributed by atoms with Gasteiger partial charge < -0.3 is 15.2 Å². The van der Waals surface area contributed by atoms with E-state index in [1.54, 1.807) is 19.1 Å². The summed E-state index contributed by atoms with van der Waals surface area (Å²) in [4.78, 5) is 25.3. The summed E-state index contributed by atoms with van der Waals surface area (Å²) in [5.41, 5.74) is 4.26. The molecule has 0 aliphatic carbocycles. The van der Waals surface area contributed by atoms with E-state index in [1.165, 1.54) is 6.07 Å². The summed E-state index contributed by atoms with van der Waals surface area (Å²) in [6.45, 7) is 8.80. The van der Waals surface area contributed by atoms with Gasteiger partial charge in [-0.25, -0.2) is 8.42 Å². The molecule has 0 aromatic heterocycles. The minimum absolute atomic E-state index is 0.0426. The SMILES string of the molecule is Cc1ccc(S(=O)(=O)N2CC(O)C[C@H]2C(=O)OCC(=O)Nc2c(C)cccc2C(C)C)cc1C. The van der Waals surface area contributed by atoms with Crippen molar-refractivity contribution in [2.75, 3.05) is 18.5 Å². The number of aliphatic hydroxyl groups is 1. The second kappa shape index (κ2) is 10.2. The highest BCUT2D eigenvalue weighted by Gasteiger charge is 2.44. The van der Waals surface area contributed by atoms with Gasteiger partial charge in [0.05, 0.1) is 11.0 Å². The number of aliphatic hydroxyl groups excluding tert-OH is 1. The van der Waals surface area contributed by atoms with Gasteiger partial charge in [-0.2, -0.15) is 4.31 Å². The maximum absolute atomic E-state index is 13.2. The zero-order valence-corrected chi connectivity index (χ0v) is 21.0. The van der Waals surface area contributed by atoms with Crippen LogP contribution in [0.1, 0.15) is 48.4 Å². The van der Waals surface area contributed by atoms with Gasteiger partial charge in [-0.05, 0) is 61.1 Å². The fraction of sp³-hybridized carbons (Fsp3) is 0.440. The van der Waals surface area contributed by atoms with Gasteiger partial charge in [0.1, 0.15) is 6.04 Å². The molecule has 1 fully saturated rings. The Labute approximate surface area is 201 Å². The zero-order chi connectivity index (χ0) is 25.2. The van der Waals surface area contributed by atoms with Crippen LogP contribution in [-0.2, 0) is 24.3 Å². The predicted molar refractivity (Wildman–Crippen MR) is 129 cm³/mol. The highest BCUT2D eigenvalue weighted by Crippen LogP contribution is 2.29. The van der Waals surface area contributed by atoms with Crippen LogP contribution in [0.25, 0.3) is 0 Å². The molecule has 1 amide bonds. The number of benzene rings is 2. The number of carbonyl (C=O) groups excluding carboxylic acids is 2. The van der Waals surface area contributed by atoms with Crippen molar-refractivity contribution in [3.05, 3.63) is 58.7 Å². The van der Waals surface area contributed by atoms with Gasteiger partial charge in [-0.3, -0.25) is 9.59 Å². The van der Waals surface area contributed by atoms with Crippen molar-refractivity contribution >= 4 is 27.6 Å². The van der Waals surface area contributed by atoms with Gasteiger partial charge in [-0.1, -0.05) is 38.1 Å². The second-order valence-electron chi connectivity index (χ2n) is 9.08. The molecule has 2 aromatic rings. The largest absolute Gasteiger partial charge is 0.454 e. The molecule has 0 bridgehead atoms. The van der Waals surface area contributed by atoms with Crippen LogP contribution < -0.4 is 5.32 Å². The van der Waals surface area contributed by atoms with Crippen LogP contribution in [0, 0.1) is 20.8 Å². The van der Waals surface area contributed by atoms with Crippen molar-refractivity contribution < 1.29 is 27.9 Å². The third-order valence-corrected chi connectivity index (χ3v) is 8.00. The first-order valence-corrected chi connectivity index (χ1v) is 12.7. The van der Waals surface area contributed by atoms with Crippen LogP contribution in [0.4, 0.5) is 5.69 Å². The summed E-state index contributed by atoms with van der Waals surface area (Å²) in [5.74, 6) is -1.21. The van der Waals surface area contributed by atoms with Crippen LogP contribution in [0.15, 0.2) is 41.3 Å². The van der Waals surface area contributed by atoms with Crippen LogP contribution in [0.2, 0.25) is 0 Å². The lowest BCUT2D eigenvalue weighted by molar-refractivity contribution is -0.150. The number of ether oxygens (including phenoxy) is 1. The number of sulfonamides is 1. The Kier molecular flexibility index (Phi) is 7.80. The third kappa shape index (κ3) is 5.48. The van der Waals surface area contributed by atoms with Gasteiger partial charge in [0.2, 0.25) is 10.0 Å². The van der Waals surface area contributed by atoms with Crippen LogP contribution in [0.5, 0.6) is 0 Å². The molecule has 1 heterocycles. The minimum atomic E-state index is -4.04. The maximum Gasteiger partial charge on any atom is 0.325 e. The molecule has 1 unspecified atom stereocenters. The Morgan fingerprint density at radius 1 is 1.12 bits per heavy atom. The molecule has 1 saturated heterocycles. The first kappa shape index (κ1) is 25.9. The average molecular weight is 489 g/mol. The van der Waals surface area contributed by atoms with E-state index < -0.39 is 40.7 Å². The van der Waals surface area contributed by atoms with Crippen molar-refractivity contribution in [1.29, 1.82) is 0 Å². The molecule has 0 spiro atoms. The number of nitrogens with zero attached hydrogens (tertiary/aromatic N) is 1. The number of amides is 1. The van der Waals surface area contributed by atoms with Crippen molar-refractivity contribution in [2.24, 2.45) is 0 Å². The molecule has 2 atom stereocenters. The normalized spacial score (nSPS) is 18.8. The fourth-order valence-electron chi connectivity index (χ4n) is 4.02. The van der Waals surface area contributed by atoms with Crippen LogP contribution >= 0.6 is 0 Å². The lowest BCUT2D eigenvalue weighted by Crippen LogP contribution is -2.42. The number of para-hydroxylation sites is 1. The Morgan fingerprint density at radius 2 is 1.82 bits per heavy atom. The Hall–Kier alpha value is -2.75. The Morgan fingerprint density at radius 3 is 2.47 bits per heavy atom. The van der Waals surface area contributed by atoms with Crippen molar-refractivity contribution in [2.45, 2.75) is 64.0 Å². The molecular formula is C25H32N2O6S. The molecule has 0 saturated carbocycles. The standard InChI is InChI=1S/C25H32N2O6S/c1-15(2)21-8-6-7-17(4)24(21)26-23(29)14-33-25(30)22-12-19(28)13-27(22)34(31,32)20-10-9-16(3)18(5)11-20/h6-11,15,19,22,28H,12-14H2,1-5H3,(H,26,29)/t19?,22-/m0/s1. The van der Waals surface area contributed by atoms with Crippen LogP contribution in [0.3, 0.4) is 0 Å². The van der Waals surface area contributed by atoms with Crippen molar-refractivity contribution in [3.8, 4) is 0 Å². The summed E-state index contributed by atoms with van der Waals surface area (Å²) >= 11 is 0. The van der Waals surface area contributed by atoms with Gasteiger partial charge >= 0.3 is 5.97 Å². The topological polar surface area (TPSA) is 113 Å². The van der Waals surface area contributed by atoms with Gasteiger partial charge in [0, 0.05) is 18.7 Å². The molecule has 2 aromatic carbocycles. The number of esters is 1. The first-order valence-electron chi connectivity index (χ1n) is 11.2. The number of nitrogens with one attached hydrogen (secondary N) is 1. The predicted octanol–water partition coefficient (Wildman–Crippen LogP) is 3.04. The number of carbonyl (C=O) groups is 2. The molecule has 1 aliphatic rings. The summed E-state index contributed by atoms with van der Waals surface area (Å²) in [7, 11) is -4.04. The van der Waals surface area contributed by atoms with E-state index >= 15 is 0 Å². The molecule has 3 rings (SSSR count). The number of anilines is 1. The molecule has 1 aliphatic heterocycles. The van der Waals surface area contributed by atoms with E-state index in [9.17, 15) is 23.1 Å². The number of aryl methyl sites for hydroxylation is 3. The number of rotatable bonds is 7. The highest BCUT2D eigenvalue weighted by molar-refractivity contribution is 7.89. The summed E-state index contributed by atoms with van der Waals surface area (Å²) in [5, 5.41) is 12.9. The van der Waals surface area contributed by atoms with Gasteiger partial charge in [0.25, 0.3) is 5.91 Å². The van der Waals surface area contributed by atoms with E-state index in [1.807, 2.05) is 45.9 Å². The summed E-state index contributed by atoms with van der Waals surface area (Å²) in [6, 6.07) is 9.23. The summed E-state index contributed by atoms with van der Waals surface area (Å²) in [6.07, 6.45) is -1.10. The molecule has 9 heteroatoms. The zero-order valence-electron chi connectivity index (χ0n) is 20.2. The second-order valence-corrected chi connectivity index (χ2v) is 11.0. The fourth-order valence-corrected chi connectivity index (χ4v) is 5.74. The quantitative estimate of drug-likeness (QED) is 0.579. The van der Waals surface area contributed by atoms with E-state index in [2.05, 4.69) is 5.32 Å². The van der Waals surface area contributed by atoms with Crippen LogP contribution in [-0.4, -0.2) is 55.0 Å². The molecule has 2 N–H and O–H groups in total. The average Bonchev–Trinajstić information content (AvgIpc) is 3.17. The maximum atomic E-state index is 13.2. The monoisotopic (exact) mass is 488 g/mol. The van der Waals surface area contributed by atoms with E-state index in [-0.39, 0.29) is 23.8 Å². The summed E-state index contributed by atoms with van der Waals surface area (Å²) < 4.78 is 32.6. The lowest BCUT2D eigenvalue weighted by Gasteiger charge is -2.23. The Bertz CT molecular complexity index is 1190. The number of hydrogen-bond acceptors (Lipinski definition) is 6.